The summed E-state index contributed by atoms with van der Waals surface area (Å²) in [6, 6.07) is 10.3. The average Bonchev–Trinajstić information content (AvgIpc) is 2.69. The molecule has 0 saturated heterocycles. The summed E-state index contributed by atoms with van der Waals surface area (Å²) < 4.78 is 165. The second-order valence-corrected chi connectivity index (χ2v) is 9.49. The van der Waals surface area contributed by atoms with Gasteiger partial charge in [0.15, 0.2) is 0 Å². The van der Waals surface area contributed by atoms with E-state index in [4.69, 9.17) is 0 Å². The number of alkyl halides is 15. The Labute approximate surface area is 256 Å². The van der Waals surface area contributed by atoms with E-state index in [9.17, 15) is 66.6 Å². The fraction of sp³-hybridized carbons (Fsp3) is 0.333. The summed E-state index contributed by atoms with van der Waals surface area (Å²) >= 11 is 5.79. The van der Waals surface area contributed by atoms with Gasteiger partial charge in [0, 0.05) is 8.95 Å². The minimum absolute atomic E-state index is 0. The van der Waals surface area contributed by atoms with Crippen LogP contribution >= 0.6 is 54.5 Å². The first-order chi connectivity index (χ1) is 16.3. The van der Waals surface area contributed by atoms with Gasteiger partial charge < -0.3 is 9.84 Å². The molecule has 0 aliphatic rings. The minimum atomic E-state index is -6.24. The summed E-state index contributed by atoms with van der Waals surface area (Å²) in [5.41, 5.74) is 0. The zero-order valence-electron chi connectivity index (χ0n) is 17.9. The number of hydrogen-bond acceptors (Lipinski definition) is 2. The molecule has 2 rings (SSSR count). The summed E-state index contributed by atoms with van der Waals surface area (Å²) in [5.74, 6) is -6.59. The van der Waals surface area contributed by atoms with Crippen molar-refractivity contribution in [3.63, 3.8) is 0 Å². The van der Waals surface area contributed by atoms with Crippen molar-refractivity contribution in [2.24, 2.45) is 0 Å². The number of halogens is 17. The Kier molecular flexibility index (Phi) is 15.3. The average molecular weight is 832 g/mol. The van der Waals surface area contributed by atoms with Gasteiger partial charge >= 0.3 is 63.8 Å². The molecule has 0 aliphatic heterocycles. The summed E-state index contributed by atoms with van der Waals surface area (Å²) in [6.07, 6.45) is -24.3. The third-order valence-corrected chi connectivity index (χ3v) is 5.61. The number of hydrogen-bond donors (Lipinski definition) is 0. The first kappa shape index (κ1) is 39.9. The molecule has 0 aromatic heterocycles. The van der Waals surface area contributed by atoms with Crippen molar-refractivity contribution in [2.75, 3.05) is 0 Å². The Morgan fingerprint density at radius 3 is 1.05 bits per heavy atom. The smallest absolute Gasteiger partial charge is 0.872 e. The Balaban J connectivity index is 0. The van der Waals surface area contributed by atoms with Gasteiger partial charge in [-0.25, -0.2) is 4.39 Å². The Bertz CT molecular complexity index is 925. The van der Waals surface area contributed by atoms with Crippen LogP contribution in [0.15, 0.2) is 57.5 Å². The van der Waals surface area contributed by atoms with Crippen LogP contribution in [0, 0.1) is 0 Å². The van der Waals surface area contributed by atoms with E-state index in [0.717, 1.165) is 28.7 Å². The van der Waals surface area contributed by atoms with Crippen molar-refractivity contribution in [1.82, 2.24) is 0 Å². The molecule has 0 heterocycles. The van der Waals surface area contributed by atoms with Crippen LogP contribution in [0.25, 0.3) is 0 Å². The van der Waals surface area contributed by atoms with Gasteiger partial charge in [-0.2, -0.15) is 57.1 Å². The molecule has 0 radical (unpaired) electrons. The minimum Gasteiger partial charge on any atom is -0.872 e. The molecule has 20 heteroatoms. The van der Waals surface area contributed by atoms with Crippen LogP contribution in [0.4, 0.5) is 61.5 Å². The van der Waals surface area contributed by atoms with E-state index in [1.54, 1.807) is 12.1 Å². The van der Waals surface area contributed by atoms with Crippen molar-refractivity contribution in [3.05, 3.63) is 57.5 Å². The molecule has 0 fully saturated rings. The molecule has 2 aromatic rings. The predicted octanol–water partition coefficient (Wildman–Crippen LogP) is 6.36. The maximum Gasteiger partial charge on any atom is 1.00 e. The van der Waals surface area contributed by atoms with Crippen LogP contribution in [0.1, 0.15) is 0 Å². The second-order valence-electron chi connectivity index (χ2n) is 6.17. The van der Waals surface area contributed by atoms with E-state index in [-0.39, 0.29) is 57.9 Å². The van der Waals surface area contributed by atoms with E-state index >= 15 is 0 Å². The van der Waals surface area contributed by atoms with Gasteiger partial charge in [-0.15, -0.1) is 5.75 Å². The standard InChI is InChI=1S/C9H4BrF7O.C6H5BrO.C3F7I.Na/c10-5-1-3-6(4-2-5)18-7(11,8(12,13)14)9(15,16)17;7-5-1-3-6(8)4-2-5;4-1(11,2(5,6)7)3(8,9)10;/h1-4H;1-4,8H;;/q;;;+1/p-1. The zero-order chi connectivity index (χ0) is 29.7. The molecule has 0 spiro atoms. The van der Waals surface area contributed by atoms with Gasteiger partial charge in [-0.05, 0) is 59.0 Å². The summed E-state index contributed by atoms with van der Waals surface area (Å²) in [4.78, 5) is 0. The molecule has 0 aliphatic carbocycles. The monoisotopic (exact) mass is 830 g/mol. The van der Waals surface area contributed by atoms with Gasteiger partial charge in [-0.3, -0.25) is 0 Å². The zero-order valence-corrected chi connectivity index (χ0v) is 25.2. The van der Waals surface area contributed by atoms with E-state index in [1.807, 2.05) is 0 Å². The van der Waals surface area contributed by atoms with Gasteiger partial charge in [-0.1, -0.05) is 44.0 Å². The Hall–Kier alpha value is -0.250. The fourth-order valence-corrected chi connectivity index (χ4v) is 2.07. The Morgan fingerprint density at radius 1 is 0.553 bits per heavy atom. The summed E-state index contributed by atoms with van der Waals surface area (Å²) in [7, 11) is 0. The van der Waals surface area contributed by atoms with E-state index in [2.05, 4.69) is 36.6 Å². The topological polar surface area (TPSA) is 32.3 Å². The third-order valence-electron chi connectivity index (χ3n) is 3.33. The first-order valence-corrected chi connectivity index (χ1v) is 11.1. The van der Waals surface area contributed by atoms with Crippen LogP contribution in [0.2, 0.25) is 0 Å². The quantitative estimate of drug-likeness (QED) is 0.153. The van der Waals surface area contributed by atoms with Gasteiger partial charge in [0.25, 0.3) is 0 Å². The summed E-state index contributed by atoms with van der Waals surface area (Å²) in [6.45, 7) is 0. The van der Waals surface area contributed by atoms with Crippen molar-refractivity contribution < 1.29 is 101 Å². The van der Waals surface area contributed by atoms with E-state index < -0.39 is 40.0 Å². The third kappa shape index (κ3) is 11.7. The Morgan fingerprint density at radius 2 is 0.842 bits per heavy atom. The number of benzene rings is 2. The molecule has 0 bridgehead atoms. The van der Waals surface area contributed by atoms with Crippen LogP contribution in [0.3, 0.4) is 0 Å². The molecule has 0 saturated carbocycles. The van der Waals surface area contributed by atoms with Crippen LogP contribution in [-0.2, 0) is 0 Å². The van der Waals surface area contributed by atoms with Crippen molar-refractivity contribution >= 4 is 54.5 Å². The maximum atomic E-state index is 13.1. The molecule has 212 valence electrons. The normalized spacial score (nSPS) is 12.8. The maximum absolute atomic E-state index is 13.1. The molecule has 0 amide bonds. The van der Waals surface area contributed by atoms with E-state index in [0.29, 0.717) is 4.47 Å². The predicted molar refractivity (Wildman–Crippen MR) is 114 cm³/mol. The molecule has 2 nitrogen and oxygen atoms in total. The van der Waals surface area contributed by atoms with Crippen LogP contribution < -0.4 is 39.4 Å². The number of ether oxygens (including phenoxy) is 1. The van der Waals surface area contributed by atoms with Crippen LogP contribution in [0.5, 0.6) is 11.5 Å². The van der Waals surface area contributed by atoms with Crippen molar-refractivity contribution in [2.45, 2.75) is 34.2 Å². The molecule has 0 atom stereocenters. The van der Waals surface area contributed by atoms with E-state index in [1.165, 1.54) is 12.1 Å². The molecule has 0 N–H and O–H groups in total. The molecule has 2 aromatic carbocycles. The molecule has 38 heavy (non-hydrogen) atoms. The van der Waals surface area contributed by atoms with Gasteiger partial charge in [0.1, 0.15) is 5.75 Å². The van der Waals surface area contributed by atoms with Gasteiger partial charge in [0.05, 0.1) is 0 Å². The van der Waals surface area contributed by atoms with Crippen molar-refractivity contribution in [3.8, 4) is 11.5 Å². The molecular weight excluding hydrogens is 824 g/mol. The molecule has 0 unspecified atom stereocenters. The van der Waals surface area contributed by atoms with Crippen molar-refractivity contribution in [1.29, 1.82) is 0 Å². The largest absolute Gasteiger partial charge is 1.00 e. The second kappa shape index (κ2) is 14.6. The van der Waals surface area contributed by atoms with Crippen LogP contribution in [-0.4, -0.2) is 34.2 Å². The first-order valence-electron chi connectivity index (χ1n) is 8.47. The van der Waals surface area contributed by atoms with Gasteiger partial charge in [0.2, 0.25) is 0 Å². The molecular formula is C18H8Br2F14INaO2. The summed E-state index contributed by atoms with van der Waals surface area (Å²) in [5, 5.41) is 10.4. The fourth-order valence-electron chi connectivity index (χ4n) is 1.54. The SMILES string of the molecule is FC(F)(F)C(F)(I)C(F)(F)F.FC(F)(F)C(F)(Oc1ccc(Br)cc1)C(F)(F)F.[Na+].[O-]c1ccc(Br)cc1. The number of rotatable bonds is 2.